The molecule has 0 atom stereocenters. The van der Waals surface area contributed by atoms with Gasteiger partial charge in [-0.05, 0) is 62.1 Å². The lowest BCUT2D eigenvalue weighted by molar-refractivity contribution is 0.102. The van der Waals surface area contributed by atoms with E-state index in [1.165, 1.54) is 6.07 Å². The Bertz CT molecular complexity index is 1150. The van der Waals surface area contributed by atoms with Gasteiger partial charge in [0, 0.05) is 32.1 Å². The minimum Gasteiger partial charge on any atom is -0.310 e. The van der Waals surface area contributed by atoms with Crippen LogP contribution in [0.15, 0.2) is 30.3 Å². The zero-order chi connectivity index (χ0) is 21.5. The third kappa shape index (κ3) is 3.72. The van der Waals surface area contributed by atoms with Gasteiger partial charge in [-0.15, -0.1) is 10.2 Å². The van der Waals surface area contributed by atoms with Crippen LogP contribution in [0.25, 0.3) is 11.5 Å². The molecule has 4 heterocycles. The number of nitrogens with one attached hydrogen (secondary N) is 1. The van der Waals surface area contributed by atoms with Crippen molar-refractivity contribution in [3.05, 3.63) is 58.7 Å². The number of pyridine rings is 1. The molecule has 2 aliphatic heterocycles. The highest BCUT2D eigenvalue weighted by Gasteiger charge is 2.23. The third-order valence-electron chi connectivity index (χ3n) is 6.14. The average molecular weight is 420 g/mol. The number of carbonyl (C=O) groups is 1. The predicted molar refractivity (Wildman–Crippen MR) is 115 cm³/mol. The number of benzene rings is 1. The first-order valence-electron chi connectivity index (χ1n) is 10.8. The van der Waals surface area contributed by atoms with E-state index in [2.05, 4.69) is 43.8 Å². The Labute approximate surface area is 180 Å². The van der Waals surface area contributed by atoms with Crippen LogP contribution in [0, 0.1) is 5.82 Å². The molecule has 1 amide bonds. The fourth-order valence-corrected chi connectivity index (χ4v) is 4.37. The smallest absolute Gasteiger partial charge is 0.259 e. The summed E-state index contributed by atoms with van der Waals surface area (Å²) in [6.45, 7) is 6.78. The van der Waals surface area contributed by atoms with E-state index in [1.54, 1.807) is 18.2 Å². The highest BCUT2D eigenvalue weighted by molar-refractivity contribution is 6.04. The molecule has 8 heteroatoms. The van der Waals surface area contributed by atoms with E-state index < -0.39 is 11.7 Å². The number of amides is 1. The van der Waals surface area contributed by atoms with Gasteiger partial charge in [0.2, 0.25) is 0 Å². The Balaban J connectivity index is 1.39. The van der Waals surface area contributed by atoms with E-state index in [0.29, 0.717) is 23.4 Å². The Morgan fingerprint density at radius 3 is 2.84 bits per heavy atom. The second-order valence-corrected chi connectivity index (χ2v) is 8.47. The van der Waals surface area contributed by atoms with E-state index in [9.17, 15) is 9.18 Å². The fraction of sp³-hybridized carbons (Fsp3) is 0.391. The van der Waals surface area contributed by atoms with Crippen molar-refractivity contribution in [1.82, 2.24) is 24.6 Å². The summed E-state index contributed by atoms with van der Waals surface area (Å²) in [5.41, 5.74) is 2.66. The normalized spacial score (nSPS) is 15.7. The van der Waals surface area contributed by atoms with Crippen LogP contribution >= 0.6 is 0 Å². The first kappa shape index (κ1) is 19.8. The van der Waals surface area contributed by atoms with Gasteiger partial charge in [-0.2, -0.15) is 0 Å². The molecular weight excluding hydrogens is 395 g/mol. The van der Waals surface area contributed by atoms with Gasteiger partial charge in [-0.1, -0.05) is 6.07 Å². The lowest BCUT2D eigenvalue weighted by atomic mass is 9.96. The predicted octanol–water partition coefficient (Wildman–Crippen LogP) is 3.44. The summed E-state index contributed by atoms with van der Waals surface area (Å²) in [6.07, 6.45) is 2.74. The van der Waals surface area contributed by atoms with Crippen molar-refractivity contribution in [2.75, 3.05) is 11.9 Å². The van der Waals surface area contributed by atoms with Gasteiger partial charge in [0.05, 0.1) is 5.56 Å². The lowest BCUT2D eigenvalue weighted by Gasteiger charge is -2.32. The number of anilines is 1. The van der Waals surface area contributed by atoms with Crippen LogP contribution in [0.4, 0.5) is 10.2 Å². The van der Waals surface area contributed by atoms with Crippen LogP contribution < -0.4 is 5.32 Å². The SMILES string of the molecule is CC(C)N1CCc2cc(F)c(C(=O)Nc3cccc(-c4nnc5n4CCC5)n3)cc2C1. The molecule has 3 aromatic rings. The monoisotopic (exact) mass is 420 g/mol. The number of nitrogens with zero attached hydrogens (tertiary/aromatic N) is 5. The van der Waals surface area contributed by atoms with E-state index in [1.807, 2.05) is 6.07 Å². The van der Waals surface area contributed by atoms with E-state index in [-0.39, 0.29) is 5.56 Å². The van der Waals surface area contributed by atoms with E-state index in [0.717, 1.165) is 55.8 Å². The van der Waals surface area contributed by atoms with Gasteiger partial charge in [-0.3, -0.25) is 9.69 Å². The van der Waals surface area contributed by atoms with Gasteiger partial charge in [0.25, 0.3) is 5.91 Å². The summed E-state index contributed by atoms with van der Waals surface area (Å²) in [5.74, 6) is 1.01. The Morgan fingerprint density at radius 2 is 2.00 bits per heavy atom. The number of rotatable bonds is 4. The number of aromatic nitrogens is 4. The van der Waals surface area contributed by atoms with E-state index in [4.69, 9.17) is 0 Å². The summed E-state index contributed by atoms with van der Waals surface area (Å²) in [7, 11) is 0. The van der Waals surface area contributed by atoms with Crippen LogP contribution in [0.3, 0.4) is 0 Å². The largest absolute Gasteiger partial charge is 0.310 e. The van der Waals surface area contributed by atoms with Gasteiger partial charge in [0.15, 0.2) is 5.82 Å². The molecule has 0 radical (unpaired) electrons. The van der Waals surface area contributed by atoms with Gasteiger partial charge < -0.3 is 9.88 Å². The molecule has 31 heavy (non-hydrogen) atoms. The molecule has 2 aliphatic rings. The minimum atomic E-state index is -0.502. The molecule has 160 valence electrons. The number of halogens is 1. The first-order valence-corrected chi connectivity index (χ1v) is 10.8. The quantitative estimate of drug-likeness (QED) is 0.700. The van der Waals surface area contributed by atoms with Crippen molar-refractivity contribution in [3.8, 4) is 11.5 Å². The Hall–Kier alpha value is -3.13. The van der Waals surface area contributed by atoms with Crippen LogP contribution in [0.5, 0.6) is 0 Å². The first-order chi connectivity index (χ1) is 15.0. The number of fused-ring (bicyclic) bond motifs is 2. The Morgan fingerprint density at radius 1 is 1.13 bits per heavy atom. The zero-order valence-corrected chi connectivity index (χ0v) is 17.7. The standard InChI is InChI=1S/C23H25FN6O/c1-14(2)29-10-8-15-12-18(24)17(11-16(15)13-29)23(31)26-20-6-3-5-19(25-20)22-28-27-21-7-4-9-30(21)22/h3,5-6,11-12,14H,4,7-10,13H2,1-2H3,(H,25,26,31). The molecule has 0 saturated heterocycles. The maximum absolute atomic E-state index is 14.7. The molecule has 7 nitrogen and oxygen atoms in total. The van der Waals surface area contributed by atoms with E-state index >= 15 is 0 Å². The molecule has 0 saturated carbocycles. The van der Waals surface area contributed by atoms with Crippen molar-refractivity contribution in [3.63, 3.8) is 0 Å². The number of aryl methyl sites for hydroxylation is 1. The molecule has 5 rings (SSSR count). The minimum absolute atomic E-state index is 0.0416. The van der Waals surface area contributed by atoms with Gasteiger partial charge in [0.1, 0.15) is 23.2 Å². The van der Waals surface area contributed by atoms with Crippen molar-refractivity contribution in [2.24, 2.45) is 0 Å². The van der Waals surface area contributed by atoms with Crippen LogP contribution in [0.2, 0.25) is 0 Å². The molecule has 1 N–H and O–H groups in total. The number of carbonyl (C=O) groups excluding carboxylic acids is 1. The zero-order valence-electron chi connectivity index (χ0n) is 17.7. The summed E-state index contributed by atoms with van der Waals surface area (Å²) in [5, 5.41) is 11.2. The molecule has 1 aromatic carbocycles. The van der Waals surface area contributed by atoms with Crippen molar-refractivity contribution < 1.29 is 9.18 Å². The van der Waals surface area contributed by atoms with Crippen LogP contribution in [0.1, 0.15) is 47.6 Å². The number of hydrogen-bond acceptors (Lipinski definition) is 5. The topological polar surface area (TPSA) is 75.9 Å². The third-order valence-corrected chi connectivity index (χ3v) is 6.14. The van der Waals surface area contributed by atoms with Crippen LogP contribution in [-0.2, 0) is 25.9 Å². The molecule has 0 unspecified atom stereocenters. The second-order valence-electron chi connectivity index (χ2n) is 8.47. The Kier molecular flexibility index (Phi) is 5.02. The molecule has 0 bridgehead atoms. The molecule has 0 fully saturated rings. The van der Waals surface area contributed by atoms with Crippen molar-refractivity contribution >= 4 is 11.7 Å². The summed E-state index contributed by atoms with van der Waals surface area (Å²) < 4.78 is 16.8. The second kappa shape index (κ2) is 7.85. The summed E-state index contributed by atoms with van der Waals surface area (Å²) in [4.78, 5) is 19.7. The van der Waals surface area contributed by atoms with Crippen molar-refractivity contribution in [2.45, 2.75) is 52.2 Å². The van der Waals surface area contributed by atoms with Gasteiger partial charge in [-0.25, -0.2) is 9.37 Å². The molecular formula is C23H25FN6O. The maximum atomic E-state index is 14.7. The lowest BCUT2D eigenvalue weighted by Crippen LogP contribution is -2.36. The molecule has 0 spiro atoms. The average Bonchev–Trinajstić information content (AvgIpc) is 3.37. The molecule has 2 aromatic heterocycles. The fourth-order valence-electron chi connectivity index (χ4n) is 4.37. The molecule has 0 aliphatic carbocycles. The maximum Gasteiger partial charge on any atom is 0.259 e. The van der Waals surface area contributed by atoms with Crippen molar-refractivity contribution in [1.29, 1.82) is 0 Å². The van der Waals surface area contributed by atoms with Crippen LogP contribution in [-0.4, -0.2) is 43.1 Å². The highest BCUT2D eigenvalue weighted by atomic mass is 19.1. The highest BCUT2D eigenvalue weighted by Crippen LogP contribution is 2.26. The number of hydrogen-bond donors (Lipinski definition) is 1. The summed E-state index contributed by atoms with van der Waals surface area (Å²) >= 11 is 0. The summed E-state index contributed by atoms with van der Waals surface area (Å²) in [6, 6.07) is 8.93. The van der Waals surface area contributed by atoms with Gasteiger partial charge >= 0.3 is 0 Å².